The molecular weight excluding hydrogens is 224 g/mol. The number of hydrogen-bond acceptors (Lipinski definition) is 2. The summed E-state index contributed by atoms with van der Waals surface area (Å²) in [7, 11) is 0. The minimum absolute atomic E-state index is 0.336. The van der Waals surface area contributed by atoms with Crippen molar-refractivity contribution in [3.05, 3.63) is 58.7 Å². The fraction of sp³-hybridized carbons (Fsp3) is 0.250. The minimum atomic E-state index is 0.336. The van der Waals surface area contributed by atoms with Gasteiger partial charge in [0.25, 0.3) is 0 Å². The SMILES string of the molecule is Cc1ccc(C)c(Cc2ccc3c(c2)OCO3)c1. The molecule has 0 amide bonds. The molecule has 0 fully saturated rings. The third-order valence-electron chi connectivity index (χ3n) is 3.34. The van der Waals surface area contributed by atoms with Crippen molar-refractivity contribution in [2.24, 2.45) is 0 Å². The van der Waals surface area contributed by atoms with E-state index in [2.05, 4.69) is 44.2 Å². The lowest BCUT2D eigenvalue weighted by Crippen LogP contribution is -1.93. The van der Waals surface area contributed by atoms with Crippen LogP contribution in [0.3, 0.4) is 0 Å². The summed E-state index contributed by atoms with van der Waals surface area (Å²) in [6.45, 7) is 4.62. The molecule has 0 saturated carbocycles. The van der Waals surface area contributed by atoms with Crippen molar-refractivity contribution in [1.29, 1.82) is 0 Å². The Bertz CT molecular complexity index is 588. The second-order valence-corrected chi connectivity index (χ2v) is 4.79. The normalized spacial score (nSPS) is 12.8. The van der Waals surface area contributed by atoms with Crippen LogP contribution in [0.15, 0.2) is 36.4 Å². The standard InChI is InChI=1S/C16H16O2/c1-11-3-4-12(2)14(7-11)8-13-5-6-15-16(9-13)18-10-17-15/h3-7,9H,8,10H2,1-2H3. The predicted octanol–water partition coefficient (Wildman–Crippen LogP) is 3.62. The average Bonchev–Trinajstić information content (AvgIpc) is 2.81. The van der Waals surface area contributed by atoms with E-state index in [0.29, 0.717) is 6.79 Å². The number of hydrogen-bond donors (Lipinski definition) is 0. The van der Waals surface area contributed by atoms with Crippen LogP contribution in [0.4, 0.5) is 0 Å². The highest BCUT2D eigenvalue weighted by atomic mass is 16.7. The zero-order valence-corrected chi connectivity index (χ0v) is 10.7. The molecule has 2 nitrogen and oxygen atoms in total. The van der Waals surface area contributed by atoms with Gasteiger partial charge >= 0.3 is 0 Å². The van der Waals surface area contributed by atoms with Gasteiger partial charge in [0.05, 0.1) is 0 Å². The fourth-order valence-electron chi connectivity index (χ4n) is 2.26. The molecule has 1 heterocycles. The van der Waals surface area contributed by atoms with Crippen molar-refractivity contribution < 1.29 is 9.47 Å². The van der Waals surface area contributed by atoms with Crippen molar-refractivity contribution in [2.75, 3.05) is 6.79 Å². The molecular formula is C16H16O2. The first-order chi connectivity index (χ1) is 8.72. The van der Waals surface area contributed by atoms with E-state index < -0.39 is 0 Å². The van der Waals surface area contributed by atoms with Crippen LogP contribution in [-0.4, -0.2) is 6.79 Å². The first-order valence-corrected chi connectivity index (χ1v) is 6.17. The molecule has 92 valence electrons. The van der Waals surface area contributed by atoms with Gasteiger partial charge in [0.2, 0.25) is 6.79 Å². The van der Waals surface area contributed by atoms with E-state index in [4.69, 9.17) is 9.47 Å². The van der Waals surface area contributed by atoms with Gasteiger partial charge in [-0.25, -0.2) is 0 Å². The topological polar surface area (TPSA) is 18.5 Å². The second kappa shape index (κ2) is 4.37. The summed E-state index contributed by atoms with van der Waals surface area (Å²) >= 11 is 0. The highest BCUT2D eigenvalue weighted by Crippen LogP contribution is 2.33. The molecule has 0 unspecified atom stereocenters. The zero-order valence-electron chi connectivity index (χ0n) is 10.7. The van der Waals surface area contributed by atoms with Crippen LogP contribution in [-0.2, 0) is 6.42 Å². The van der Waals surface area contributed by atoms with E-state index >= 15 is 0 Å². The molecule has 0 spiro atoms. The van der Waals surface area contributed by atoms with Crippen LogP contribution in [0, 0.1) is 13.8 Å². The van der Waals surface area contributed by atoms with Gasteiger partial charge in [-0.2, -0.15) is 0 Å². The molecule has 3 rings (SSSR count). The lowest BCUT2D eigenvalue weighted by molar-refractivity contribution is 0.174. The predicted molar refractivity (Wildman–Crippen MR) is 71.3 cm³/mol. The van der Waals surface area contributed by atoms with E-state index in [-0.39, 0.29) is 0 Å². The van der Waals surface area contributed by atoms with Crippen molar-refractivity contribution in [3.63, 3.8) is 0 Å². The van der Waals surface area contributed by atoms with Crippen molar-refractivity contribution in [1.82, 2.24) is 0 Å². The quantitative estimate of drug-likeness (QED) is 0.798. The lowest BCUT2D eigenvalue weighted by atomic mass is 9.98. The molecule has 2 aromatic rings. The first-order valence-electron chi connectivity index (χ1n) is 6.17. The number of benzene rings is 2. The van der Waals surface area contributed by atoms with Gasteiger partial charge in [-0.3, -0.25) is 0 Å². The van der Waals surface area contributed by atoms with Crippen LogP contribution in [0.1, 0.15) is 22.3 Å². The maximum Gasteiger partial charge on any atom is 0.231 e. The molecule has 0 bridgehead atoms. The lowest BCUT2D eigenvalue weighted by Gasteiger charge is -2.08. The van der Waals surface area contributed by atoms with Gasteiger partial charge in [-0.1, -0.05) is 29.8 Å². The highest BCUT2D eigenvalue weighted by molar-refractivity contribution is 5.46. The Morgan fingerprint density at radius 2 is 1.78 bits per heavy atom. The van der Waals surface area contributed by atoms with Crippen molar-refractivity contribution in [3.8, 4) is 11.5 Å². The molecule has 1 aliphatic heterocycles. The molecule has 0 aromatic heterocycles. The Balaban J connectivity index is 1.90. The molecule has 18 heavy (non-hydrogen) atoms. The third-order valence-corrected chi connectivity index (χ3v) is 3.34. The minimum Gasteiger partial charge on any atom is -0.454 e. The van der Waals surface area contributed by atoms with E-state index in [1.165, 1.54) is 22.3 Å². The summed E-state index contributed by atoms with van der Waals surface area (Å²) in [6, 6.07) is 12.7. The Kier molecular flexibility index (Phi) is 2.71. The number of ether oxygens (including phenoxy) is 2. The number of rotatable bonds is 2. The molecule has 0 aliphatic carbocycles. The van der Waals surface area contributed by atoms with E-state index in [0.717, 1.165) is 17.9 Å². The smallest absolute Gasteiger partial charge is 0.231 e. The Morgan fingerprint density at radius 3 is 2.67 bits per heavy atom. The van der Waals surface area contributed by atoms with E-state index in [1.54, 1.807) is 0 Å². The van der Waals surface area contributed by atoms with E-state index in [1.807, 2.05) is 6.07 Å². The van der Waals surface area contributed by atoms with Gasteiger partial charge in [-0.05, 0) is 49.1 Å². The summed E-state index contributed by atoms with van der Waals surface area (Å²) in [6.07, 6.45) is 0.935. The maximum atomic E-state index is 5.41. The van der Waals surface area contributed by atoms with Crippen LogP contribution in [0.5, 0.6) is 11.5 Å². The Labute approximate surface area is 107 Å². The summed E-state index contributed by atoms with van der Waals surface area (Å²) in [5.74, 6) is 1.71. The summed E-state index contributed by atoms with van der Waals surface area (Å²) in [5, 5.41) is 0. The molecule has 2 heteroatoms. The zero-order chi connectivity index (χ0) is 12.5. The monoisotopic (exact) mass is 240 g/mol. The Morgan fingerprint density at radius 1 is 0.944 bits per heavy atom. The molecule has 0 atom stereocenters. The van der Waals surface area contributed by atoms with Gasteiger partial charge in [0.1, 0.15) is 0 Å². The van der Waals surface area contributed by atoms with Crippen LogP contribution >= 0.6 is 0 Å². The highest BCUT2D eigenvalue weighted by Gasteiger charge is 2.13. The summed E-state index contributed by atoms with van der Waals surface area (Å²) in [5.41, 5.74) is 5.26. The van der Waals surface area contributed by atoms with Gasteiger partial charge in [0.15, 0.2) is 11.5 Å². The van der Waals surface area contributed by atoms with Gasteiger partial charge in [0, 0.05) is 0 Å². The van der Waals surface area contributed by atoms with Crippen LogP contribution in [0.25, 0.3) is 0 Å². The third kappa shape index (κ3) is 2.06. The largest absolute Gasteiger partial charge is 0.454 e. The van der Waals surface area contributed by atoms with Gasteiger partial charge < -0.3 is 9.47 Å². The fourth-order valence-corrected chi connectivity index (χ4v) is 2.26. The first kappa shape index (κ1) is 11.1. The summed E-state index contributed by atoms with van der Waals surface area (Å²) < 4.78 is 10.7. The number of aryl methyl sites for hydroxylation is 2. The van der Waals surface area contributed by atoms with Crippen LogP contribution in [0.2, 0.25) is 0 Å². The Hall–Kier alpha value is -1.96. The summed E-state index contributed by atoms with van der Waals surface area (Å²) in [4.78, 5) is 0. The molecule has 0 N–H and O–H groups in total. The molecule has 0 saturated heterocycles. The van der Waals surface area contributed by atoms with Crippen molar-refractivity contribution in [2.45, 2.75) is 20.3 Å². The molecule has 1 aliphatic rings. The average molecular weight is 240 g/mol. The molecule has 0 radical (unpaired) electrons. The van der Waals surface area contributed by atoms with Crippen LogP contribution < -0.4 is 9.47 Å². The second-order valence-electron chi connectivity index (χ2n) is 4.79. The molecule has 2 aromatic carbocycles. The number of fused-ring (bicyclic) bond motifs is 1. The van der Waals surface area contributed by atoms with E-state index in [9.17, 15) is 0 Å². The van der Waals surface area contributed by atoms with Gasteiger partial charge in [-0.15, -0.1) is 0 Å². The van der Waals surface area contributed by atoms with Crippen molar-refractivity contribution >= 4 is 0 Å². The maximum absolute atomic E-state index is 5.41.